The minimum Gasteiger partial charge on any atom is -0.356 e. The fraction of sp³-hybridized carbons (Fsp3) is 0.727. The molecule has 100 valence electrons. The molecule has 2 heterocycles. The normalized spacial score (nSPS) is 19.7. The second-order valence-corrected chi connectivity index (χ2v) is 5.45. The second-order valence-electron chi connectivity index (χ2n) is 4.30. The Morgan fingerprint density at radius 2 is 2.56 bits per heavy atom. The Hall–Kier alpha value is -1.08. The molecule has 0 spiro atoms. The summed E-state index contributed by atoms with van der Waals surface area (Å²) in [6.45, 7) is 2.49. The summed E-state index contributed by atoms with van der Waals surface area (Å²) in [5.74, 6) is 2.32. The summed E-state index contributed by atoms with van der Waals surface area (Å²) >= 11 is 1.91. The van der Waals surface area contributed by atoms with Crippen LogP contribution in [0.2, 0.25) is 0 Å². The number of hydrogen-bond donors (Lipinski definition) is 2. The molecule has 1 fully saturated rings. The maximum absolute atomic E-state index is 11.7. The molecular weight excluding hydrogens is 250 g/mol. The number of hydrogen-bond acceptors (Lipinski definition) is 5. The van der Waals surface area contributed by atoms with Gasteiger partial charge in [-0.1, -0.05) is 5.21 Å². The zero-order valence-electron chi connectivity index (χ0n) is 10.3. The smallest absolute Gasteiger partial charge is 0.221 e. The summed E-state index contributed by atoms with van der Waals surface area (Å²) in [5.41, 5.74) is 0. The molecule has 0 aromatic carbocycles. The van der Waals surface area contributed by atoms with Gasteiger partial charge in [0.1, 0.15) is 0 Å². The Kier molecular flexibility index (Phi) is 5.47. The summed E-state index contributed by atoms with van der Waals surface area (Å²) in [7, 11) is 0. The number of rotatable bonds is 6. The lowest BCUT2D eigenvalue weighted by atomic mass is 10.2. The third-order valence-electron chi connectivity index (χ3n) is 2.79. The van der Waals surface area contributed by atoms with Crippen LogP contribution in [0.1, 0.15) is 12.8 Å². The van der Waals surface area contributed by atoms with Gasteiger partial charge in [-0.15, -0.1) is 5.10 Å². The van der Waals surface area contributed by atoms with Gasteiger partial charge >= 0.3 is 0 Å². The van der Waals surface area contributed by atoms with E-state index in [-0.39, 0.29) is 5.91 Å². The number of nitrogens with one attached hydrogen (secondary N) is 2. The summed E-state index contributed by atoms with van der Waals surface area (Å²) in [4.78, 5) is 11.7. The van der Waals surface area contributed by atoms with Crippen molar-refractivity contribution in [2.24, 2.45) is 0 Å². The van der Waals surface area contributed by atoms with E-state index in [9.17, 15) is 4.79 Å². The predicted octanol–water partition coefficient (Wildman–Crippen LogP) is -0.120. The molecule has 1 aliphatic heterocycles. The molecule has 2 rings (SSSR count). The van der Waals surface area contributed by atoms with Gasteiger partial charge in [-0.3, -0.25) is 9.48 Å². The van der Waals surface area contributed by atoms with Crippen molar-refractivity contribution in [3.05, 3.63) is 12.4 Å². The molecular formula is C11H19N5OS. The van der Waals surface area contributed by atoms with E-state index in [0.29, 0.717) is 19.0 Å². The lowest BCUT2D eigenvalue weighted by Gasteiger charge is -2.22. The molecule has 1 aromatic rings. The van der Waals surface area contributed by atoms with Crippen LogP contribution in [0.3, 0.4) is 0 Å². The Bertz CT molecular complexity index is 350. The van der Waals surface area contributed by atoms with Gasteiger partial charge in [-0.25, -0.2) is 0 Å². The van der Waals surface area contributed by atoms with Gasteiger partial charge in [0.05, 0.1) is 6.20 Å². The van der Waals surface area contributed by atoms with E-state index in [4.69, 9.17) is 0 Å². The average molecular weight is 269 g/mol. The number of thioether (sulfide) groups is 1. The number of amides is 1. The topological polar surface area (TPSA) is 71.8 Å². The first-order valence-corrected chi connectivity index (χ1v) is 7.42. The van der Waals surface area contributed by atoms with Crippen molar-refractivity contribution in [3.8, 4) is 0 Å². The van der Waals surface area contributed by atoms with Crippen LogP contribution in [-0.2, 0) is 11.3 Å². The van der Waals surface area contributed by atoms with Gasteiger partial charge in [0.25, 0.3) is 0 Å². The number of carbonyl (C=O) groups is 1. The van der Waals surface area contributed by atoms with Crippen LogP contribution in [0, 0.1) is 0 Å². The maximum Gasteiger partial charge on any atom is 0.221 e. The molecule has 0 saturated carbocycles. The monoisotopic (exact) mass is 269 g/mol. The van der Waals surface area contributed by atoms with Gasteiger partial charge in [-0.05, 0) is 6.42 Å². The summed E-state index contributed by atoms with van der Waals surface area (Å²) in [6, 6.07) is 0.332. The lowest BCUT2D eigenvalue weighted by molar-refractivity contribution is -0.121. The second kappa shape index (κ2) is 7.38. The number of carbonyl (C=O) groups excluding carboxylic acids is 1. The molecule has 1 saturated heterocycles. The van der Waals surface area contributed by atoms with E-state index in [0.717, 1.165) is 31.0 Å². The van der Waals surface area contributed by atoms with Crippen LogP contribution in [0.15, 0.2) is 12.4 Å². The molecule has 0 radical (unpaired) electrons. The molecule has 2 N–H and O–H groups in total. The zero-order valence-corrected chi connectivity index (χ0v) is 11.2. The van der Waals surface area contributed by atoms with Crippen molar-refractivity contribution in [3.63, 3.8) is 0 Å². The average Bonchev–Trinajstić information content (AvgIpc) is 2.89. The van der Waals surface area contributed by atoms with Crippen LogP contribution < -0.4 is 10.6 Å². The summed E-state index contributed by atoms with van der Waals surface area (Å²) in [6.07, 6.45) is 4.94. The van der Waals surface area contributed by atoms with Gasteiger partial charge in [0.2, 0.25) is 5.91 Å². The quantitative estimate of drug-likeness (QED) is 0.705. The van der Waals surface area contributed by atoms with Crippen LogP contribution >= 0.6 is 11.8 Å². The largest absolute Gasteiger partial charge is 0.356 e. The van der Waals surface area contributed by atoms with Gasteiger partial charge < -0.3 is 10.6 Å². The van der Waals surface area contributed by atoms with E-state index >= 15 is 0 Å². The van der Waals surface area contributed by atoms with Crippen molar-refractivity contribution < 1.29 is 4.79 Å². The minimum absolute atomic E-state index is 0.133. The molecule has 0 bridgehead atoms. The fourth-order valence-corrected chi connectivity index (χ4v) is 2.82. The third kappa shape index (κ3) is 4.66. The van der Waals surface area contributed by atoms with E-state index < -0.39 is 0 Å². The minimum atomic E-state index is 0.133. The zero-order chi connectivity index (χ0) is 12.6. The highest BCUT2D eigenvalue weighted by molar-refractivity contribution is 7.99. The molecule has 0 aliphatic carbocycles. The molecule has 7 heteroatoms. The van der Waals surface area contributed by atoms with E-state index in [1.54, 1.807) is 10.9 Å². The molecule has 18 heavy (non-hydrogen) atoms. The standard InChI is InChI=1S/C11H19N5OS/c17-11(8-10-9-18-7-4-12-10)13-2-1-5-16-6-3-14-15-16/h3,6,10,12H,1-2,4-5,7-9H2,(H,13,17). The Morgan fingerprint density at radius 3 is 3.28 bits per heavy atom. The highest BCUT2D eigenvalue weighted by Crippen LogP contribution is 2.09. The van der Waals surface area contributed by atoms with Crippen LogP contribution in [0.4, 0.5) is 0 Å². The number of nitrogens with zero attached hydrogens (tertiary/aromatic N) is 3. The van der Waals surface area contributed by atoms with Crippen molar-refractivity contribution in [2.75, 3.05) is 24.6 Å². The van der Waals surface area contributed by atoms with E-state index in [1.807, 2.05) is 18.0 Å². The molecule has 1 atom stereocenters. The van der Waals surface area contributed by atoms with Gasteiger partial charge in [0, 0.05) is 49.8 Å². The Morgan fingerprint density at radius 1 is 1.61 bits per heavy atom. The number of aryl methyl sites for hydroxylation is 1. The van der Waals surface area contributed by atoms with Crippen LogP contribution in [0.5, 0.6) is 0 Å². The lowest BCUT2D eigenvalue weighted by Crippen LogP contribution is -2.41. The SMILES string of the molecule is O=C(CC1CSCCN1)NCCCn1ccnn1. The summed E-state index contributed by atoms with van der Waals surface area (Å²) < 4.78 is 1.77. The molecule has 1 aromatic heterocycles. The molecule has 1 unspecified atom stereocenters. The highest BCUT2D eigenvalue weighted by atomic mass is 32.2. The maximum atomic E-state index is 11.7. The molecule has 6 nitrogen and oxygen atoms in total. The first kappa shape index (κ1) is 13.4. The van der Waals surface area contributed by atoms with Gasteiger partial charge in [0.15, 0.2) is 0 Å². The van der Waals surface area contributed by atoms with Gasteiger partial charge in [-0.2, -0.15) is 11.8 Å². The van der Waals surface area contributed by atoms with Crippen molar-refractivity contribution in [1.82, 2.24) is 25.6 Å². The Labute approximate surface area is 111 Å². The van der Waals surface area contributed by atoms with Crippen LogP contribution in [0.25, 0.3) is 0 Å². The van der Waals surface area contributed by atoms with Crippen molar-refractivity contribution in [1.29, 1.82) is 0 Å². The van der Waals surface area contributed by atoms with E-state index in [2.05, 4.69) is 20.9 Å². The first-order valence-electron chi connectivity index (χ1n) is 6.26. The summed E-state index contributed by atoms with van der Waals surface area (Å²) in [5, 5.41) is 13.9. The first-order chi connectivity index (χ1) is 8.84. The third-order valence-corrected chi connectivity index (χ3v) is 3.92. The highest BCUT2D eigenvalue weighted by Gasteiger charge is 2.16. The number of aromatic nitrogens is 3. The molecule has 1 aliphatic rings. The van der Waals surface area contributed by atoms with Crippen LogP contribution in [-0.4, -0.2) is 51.5 Å². The Balaban J connectivity index is 1.54. The van der Waals surface area contributed by atoms with E-state index in [1.165, 1.54) is 0 Å². The predicted molar refractivity (Wildman–Crippen MR) is 71.4 cm³/mol. The molecule has 1 amide bonds. The van der Waals surface area contributed by atoms with Crippen molar-refractivity contribution >= 4 is 17.7 Å². The van der Waals surface area contributed by atoms with Crippen molar-refractivity contribution in [2.45, 2.75) is 25.4 Å². The fourth-order valence-electron chi connectivity index (χ4n) is 1.87.